The number of amides is 1. The first-order valence-electron chi connectivity index (χ1n) is 8.22. The van der Waals surface area contributed by atoms with Crippen LogP contribution in [0.1, 0.15) is 31.4 Å². The van der Waals surface area contributed by atoms with Gasteiger partial charge in [-0.2, -0.15) is 5.26 Å². The van der Waals surface area contributed by atoms with Crippen LogP contribution in [0.25, 0.3) is 0 Å². The summed E-state index contributed by atoms with van der Waals surface area (Å²) in [6, 6.07) is 12.3. The maximum atomic E-state index is 12.3. The molecule has 3 rings (SSSR count). The van der Waals surface area contributed by atoms with Crippen molar-refractivity contribution in [2.75, 3.05) is 26.2 Å². The summed E-state index contributed by atoms with van der Waals surface area (Å²) in [6.07, 6.45) is 2.05. The number of hydrogen-bond acceptors (Lipinski definition) is 4. The van der Waals surface area contributed by atoms with E-state index in [0.717, 1.165) is 24.9 Å². The predicted molar refractivity (Wildman–Crippen MR) is 86.5 cm³/mol. The molecule has 1 saturated carbocycles. The van der Waals surface area contributed by atoms with E-state index in [2.05, 4.69) is 16.3 Å². The first-order chi connectivity index (χ1) is 11.1. The monoisotopic (exact) mass is 313 g/mol. The van der Waals surface area contributed by atoms with Gasteiger partial charge in [-0.15, -0.1) is 0 Å². The van der Waals surface area contributed by atoms with Gasteiger partial charge in [-0.3, -0.25) is 9.69 Å². The van der Waals surface area contributed by atoms with Crippen LogP contribution in [-0.4, -0.2) is 42.6 Å². The molecule has 2 atom stereocenters. The lowest BCUT2D eigenvalue weighted by Crippen LogP contribution is -2.51. The molecular weight excluding hydrogens is 290 g/mol. The summed E-state index contributed by atoms with van der Waals surface area (Å²) in [5.41, 5.74) is 0.416. The fourth-order valence-electron chi connectivity index (χ4n) is 3.13. The summed E-state index contributed by atoms with van der Waals surface area (Å²) >= 11 is 0. The Hall–Kier alpha value is -1.90. The van der Waals surface area contributed by atoms with E-state index in [1.54, 1.807) is 0 Å². The second-order valence-electron chi connectivity index (χ2n) is 6.64. The molecule has 2 unspecified atom stereocenters. The van der Waals surface area contributed by atoms with E-state index in [-0.39, 0.29) is 12.0 Å². The van der Waals surface area contributed by atoms with Crippen LogP contribution in [0.2, 0.25) is 0 Å². The summed E-state index contributed by atoms with van der Waals surface area (Å²) in [4.78, 5) is 14.4. The lowest BCUT2D eigenvalue weighted by atomic mass is 9.98. The van der Waals surface area contributed by atoms with E-state index in [9.17, 15) is 10.1 Å². The third-order valence-electron chi connectivity index (χ3n) is 4.71. The molecule has 5 nitrogen and oxygen atoms in total. The van der Waals surface area contributed by atoms with Crippen LogP contribution in [-0.2, 0) is 9.53 Å². The van der Waals surface area contributed by atoms with Gasteiger partial charge in [0.2, 0.25) is 5.91 Å². The average molecular weight is 313 g/mol. The zero-order valence-corrected chi connectivity index (χ0v) is 13.5. The molecule has 1 aromatic carbocycles. The molecule has 0 bridgehead atoms. The Morgan fingerprint density at radius 3 is 2.83 bits per heavy atom. The van der Waals surface area contributed by atoms with Gasteiger partial charge < -0.3 is 10.1 Å². The quantitative estimate of drug-likeness (QED) is 0.901. The fourth-order valence-corrected chi connectivity index (χ4v) is 3.13. The molecule has 2 aliphatic rings. The number of benzene rings is 1. The van der Waals surface area contributed by atoms with Crippen molar-refractivity contribution in [3.8, 4) is 6.07 Å². The first kappa shape index (κ1) is 16.0. The Morgan fingerprint density at radius 1 is 1.43 bits per heavy atom. The Balaban J connectivity index is 1.55. The number of hydrogen-bond donors (Lipinski definition) is 1. The van der Waals surface area contributed by atoms with Gasteiger partial charge >= 0.3 is 0 Å². The normalized spacial score (nSPS) is 24.4. The minimum atomic E-state index is -0.720. The van der Waals surface area contributed by atoms with Crippen LogP contribution >= 0.6 is 0 Å². The van der Waals surface area contributed by atoms with Crippen molar-refractivity contribution in [1.82, 2.24) is 10.2 Å². The van der Waals surface area contributed by atoms with Gasteiger partial charge in [-0.25, -0.2) is 0 Å². The molecule has 0 radical (unpaired) electrons. The van der Waals surface area contributed by atoms with Crippen LogP contribution in [0.5, 0.6) is 0 Å². The van der Waals surface area contributed by atoms with E-state index in [1.165, 1.54) is 0 Å². The van der Waals surface area contributed by atoms with Gasteiger partial charge in [-0.1, -0.05) is 30.3 Å². The zero-order valence-electron chi connectivity index (χ0n) is 13.5. The summed E-state index contributed by atoms with van der Waals surface area (Å²) in [6.45, 7) is 4.20. The maximum Gasteiger partial charge on any atom is 0.235 e. The van der Waals surface area contributed by atoms with Crippen molar-refractivity contribution < 1.29 is 9.53 Å². The standard InChI is InChI=1S/C18H23N3O2/c1-18(13-19,15-7-8-15)20-17(22)12-21-9-10-23-16(11-21)14-5-3-2-4-6-14/h2-6,15-16H,7-12H2,1H3,(H,20,22). The Bertz CT molecular complexity index is 594. The molecule has 1 aliphatic heterocycles. The lowest BCUT2D eigenvalue weighted by molar-refractivity contribution is -0.125. The molecule has 1 heterocycles. The topological polar surface area (TPSA) is 65.4 Å². The Kier molecular flexibility index (Phi) is 4.65. The smallest absolute Gasteiger partial charge is 0.235 e. The van der Waals surface area contributed by atoms with Gasteiger partial charge in [0.1, 0.15) is 5.54 Å². The molecule has 2 fully saturated rings. The molecule has 0 aromatic heterocycles. The van der Waals surface area contributed by atoms with Gasteiger partial charge in [0.25, 0.3) is 0 Å². The number of nitrogens with one attached hydrogen (secondary N) is 1. The molecule has 1 aliphatic carbocycles. The third-order valence-corrected chi connectivity index (χ3v) is 4.71. The molecule has 1 aromatic rings. The van der Waals surface area contributed by atoms with Gasteiger partial charge in [0.05, 0.1) is 25.3 Å². The number of ether oxygens (including phenoxy) is 1. The average Bonchev–Trinajstić information content (AvgIpc) is 3.41. The maximum absolute atomic E-state index is 12.3. The van der Waals surface area contributed by atoms with E-state index in [4.69, 9.17) is 4.74 Å². The van der Waals surface area contributed by atoms with E-state index in [1.807, 2.05) is 37.3 Å². The van der Waals surface area contributed by atoms with Crippen LogP contribution in [0.15, 0.2) is 30.3 Å². The second kappa shape index (κ2) is 6.69. The van der Waals surface area contributed by atoms with Crippen molar-refractivity contribution in [3.05, 3.63) is 35.9 Å². The SMILES string of the molecule is CC(C#N)(NC(=O)CN1CCOC(c2ccccc2)C1)C1CC1. The van der Waals surface area contributed by atoms with E-state index < -0.39 is 5.54 Å². The summed E-state index contributed by atoms with van der Waals surface area (Å²) in [7, 11) is 0. The lowest BCUT2D eigenvalue weighted by Gasteiger charge is -2.33. The Labute approximate surface area is 137 Å². The number of nitriles is 1. The van der Waals surface area contributed by atoms with Gasteiger partial charge in [0.15, 0.2) is 0 Å². The van der Waals surface area contributed by atoms with Crippen molar-refractivity contribution in [2.45, 2.75) is 31.4 Å². The summed E-state index contributed by atoms with van der Waals surface area (Å²) in [5, 5.41) is 12.3. The highest BCUT2D eigenvalue weighted by Gasteiger charge is 2.43. The van der Waals surface area contributed by atoms with Gasteiger partial charge in [-0.05, 0) is 31.2 Å². The molecular formula is C18H23N3O2. The highest BCUT2D eigenvalue weighted by atomic mass is 16.5. The Morgan fingerprint density at radius 2 is 2.17 bits per heavy atom. The van der Waals surface area contributed by atoms with Crippen molar-refractivity contribution in [1.29, 1.82) is 5.26 Å². The largest absolute Gasteiger partial charge is 0.371 e. The fraction of sp³-hybridized carbons (Fsp3) is 0.556. The van der Waals surface area contributed by atoms with E-state index >= 15 is 0 Å². The van der Waals surface area contributed by atoms with E-state index in [0.29, 0.717) is 25.6 Å². The first-order valence-corrected chi connectivity index (χ1v) is 8.22. The highest BCUT2D eigenvalue weighted by Crippen LogP contribution is 2.39. The number of nitrogens with zero attached hydrogens (tertiary/aromatic N) is 2. The number of morpholine rings is 1. The third kappa shape index (κ3) is 3.90. The molecule has 1 N–H and O–H groups in total. The number of carbonyl (C=O) groups excluding carboxylic acids is 1. The highest BCUT2D eigenvalue weighted by molar-refractivity contribution is 5.79. The number of rotatable bonds is 5. The van der Waals surface area contributed by atoms with Crippen LogP contribution in [0, 0.1) is 17.2 Å². The zero-order chi connectivity index (χ0) is 16.3. The van der Waals surface area contributed by atoms with Gasteiger partial charge in [0, 0.05) is 13.1 Å². The minimum absolute atomic E-state index is 0.00327. The molecule has 0 spiro atoms. The molecule has 5 heteroatoms. The predicted octanol–water partition coefficient (Wildman–Crippen LogP) is 1.87. The van der Waals surface area contributed by atoms with Crippen molar-refractivity contribution in [3.63, 3.8) is 0 Å². The van der Waals surface area contributed by atoms with Crippen LogP contribution < -0.4 is 5.32 Å². The minimum Gasteiger partial charge on any atom is -0.371 e. The molecule has 23 heavy (non-hydrogen) atoms. The number of carbonyl (C=O) groups is 1. The van der Waals surface area contributed by atoms with Crippen LogP contribution in [0.3, 0.4) is 0 Å². The van der Waals surface area contributed by atoms with Crippen molar-refractivity contribution in [2.24, 2.45) is 5.92 Å². The summed E-state index contributed by atoms with van der Waals surface area (Å²) in [5.74, 6) is 0.230. The molecule has 122 valence electrons. The molecule has 1 saturated heterocycles. The molecule has 1 amide bonds. The van der Waals surface area contributed by atoms with Crippen LogP contribution in [0.4, 0.5) is 0 Å². The van der Waals surface area contributed by atoms with Crippen molar-refractivity contribution >= 4 is 5.91 Å². The summed E-state index contributed by atoms with van der Waals surface area (Å²) < 4.78 is 5.82. The second-order valence-corrected chi connectivity index (χ2v) is 6.64.